The standard InChI is InChI=1S/C21H18ClN3O2S/c1-13-4-6-16(9-17(13)22)24-11-15(10-23)21-25-18(12-28-21)14-5-7-19(26-2)20(8-14)27-3/h4-9,11-12,24H,1-3H3/b15-11-. The Morgan fingerprint density at radius 1 is 1.18 bits per heavy atom. The van der Waals surface area contributed by atoms with Gasteiger partial charge in [0, 0.05) is 27.9 Å². The molecule has 0 amide bonds. The minimum absolute atomic E-state index is 0.438. The molecule has 0 aliphatic carbocycles. The summed E-state index contributed by atoms with van der Waals surface area (Å²) < 4.78 is 10.6. The smallest absolute Gasteiger partial charge is 0.161 e. The zero-order valence-electron chi connectivity index (χ0n) is 15.6. The molecule has 142 valence electrons. The summed E-state index contributed by atoms with van der Waals surface area (Å²) in [7, 11) is 3.18. The third-order valence-corrected chi connectivity index (χ3v) is 5.37. The molecule has 0 spiro atoms. The van der Waals surface area contributed by atoms with Gasteiger partial charge in [-0.2, -0.15) is 5.26 Å². The monoisotopic (exact) mass is 411 g/mol. The van der Waals surface area contributed by atoms with Crippen LogP contribution in [-0.2, 0) is 0 Å². The van der Waals surface area contributed by atoms with E-state index in [1.54, 1.807) is 20.4 Å². The van der Waals surface area contributed by atoms with Crippen LogP contribution < -0.4 is 14.8 Å². The fourth-order valence-electron chi connectivity index (χ4n) is 2.51. The molecule has 1 aromatic heterocycles. The SMILES string of the molecule is COc1ccc(-c2csc(/C(C#N)=C\Nc3ccc(C)c(Cl)c3)n2)cc1OC. The Bertz CT molecular complexity index is 1070. The number of rotatable bonds is 6. The van der Waals surface area contributed by atoms with E-state index in [-0.39, 0.29) is 0 Å². The lowest BCUT2D eigenvalue weighted by Crippen LogP contribution is -1.92. The van der Waals surface area contributed by atoms with Crippen molar-refractivity contribution in [2.24, 2.45) is 0 Å². The van der Waals surface area contributed by atoms with Crippen LogP contribution in [0, 0.1) is 18.3 Å². The van der Waals surface area contributed by atoms with Gasteiger partial charge < -0.3 is 14.8 Å². The summed E-state index contributed by atoms with van der Waals surface area (Å²) in [5, 5.41) is 15.8. The summed E-state index contributed by atoms with van der Waals surface area (Å²) in [5.74, 6) is 1.28. The Hall–Kier alpha value is -3.01. The topological polar surface area (TPSA) is 67.2 Å². The predicted octanol–water partition coefficient (Wildman–Crippen LogP) is 5.77. The molecule has 1 N–H and O–H groups in total. The molecule has 0 aliphatic heterocycles. The van der Waals surface area contributed by atoms with Crippen LogP contribution in [0.2, 0.25) is 5.02 Å². The molecule has 0 aliphatic rings. The van der Waals surface area contributed by atoms with Gasteiger partial charge in [-0.25, -0.2) is 4.98 Å². The number of nitrogens with one attached hydrogen (secondary N) is 1. The van der Waals surface area contributed by atoms with Crippen molar-refractivity contribution in [1.82, 2.24) is 4.98 Å². The number of halogens is 1. The lowest BCUT2D eigenvalue weighted by atomic mass is 10.1. The number of hydrogen-bond donors (Lipinski definition) is 1. The quantitative estimate of drug-likeness (QED) is 0.522. The van der Waals surface area contributed by atoms with E-state index in [0.717, 1.165) is 22.5 Å². The maximum atomic E-state index is 9.53. The summed E-state index contributed by atoms with van der Waals surface area (Å²) >= 11 is 7.54. The number of thiazole rings is 1. The Kier molecular flexibility index (Phi) is 6.19. The van der Waals surface area contributed by atoms with E-state index >= 15 is 0 Å². The highest BCUT2D eigenvalue weighted by Gasteiger charge is 2.12. The largest absolute Gasteiger partial charge is 0.493 e. The molecule has 7 heteroatoms. The molecule has 3 aromatic rings. The number of ether oxygens (including phenoxy) is 2. The van der Waals surface area contributed by atoms with Crippen molar-refractivity contribution in [3.8, 4) is 28.8 Å². The van der Waals surface area contributed by atoms with Crippen LogP contribution in [-0.4, -0.2) is 19.2 Å². The van der Waals surface area contributed by atoms with E-state index in [4.69, 9.17) is 21.1 Å². The van der Waals surface area contributed by atoms with Crippen molar-refractivity contribution in [2.75, 3.05) is 19.5 Å². The summed E-state index contributed by atoms with van der Waals surface area (Å²) in [6, 6.07) is 13.4. The van der Waals surface area contributed by atoms with E-state index in [1.807, 2.05) is 48.7 Å². The van der Waals surface area contributed by atoms with Gasteiger partial charge in [-0.05, 0) is 42.8 Å². The van der Waals surface area contributed by atoms with Gasteiger partial charge in [-0.1, -0.05) is 17.7 Å². The maximum Gasteiger partial charge on any atom is 0.161 e. The van der Waals surface area contributed by atoms with Crippen LogP contribution >= 0.6 is 22.9 Å². The summed E-state index contributed by atoms with van der Waals surface area (Å²) in [6.45, 7) is 1.94. The molecule has 1 heterocycles. The highest BCUT2D eigenvalue weighted by molar-refractivity contribution is 7.11. The zero-order valence-corrected chi connectivity index (χ0v) is 17.2. The van der Waals surface area contributed by atoms with Gasteiger partial charge in [-0.15, -0.1) is 11.3 Å². The molecule has 5 nitrogen and oxygen atoms in total. The van der Waals surface area contributed by atoms with Crippen molar-refractivity contribution < 1.29 is 9.47 Å². The van der Waals surface area contributed by atoms with Gasteiger partial charge in [0.25, 0.3) is 0 Å². The number of nitrogens with zero attached hydrogens (tertiary/aromatic N) is 2. The summed E-state index contributed by atoms with van der Waals surface area (Å²) in [5.41, 5.74) is 3.89. The van der Waals surface area contributed by atoms with E-state index in [9.17, 15) is 5.26 Å². The fraction of sp³-hybridized carbons (Fsp3) is 0.143. The van der Waals surface area contributed by atoms with Crippen molar-refractivity contribution in [3.63, 3.8) is 0 Å². The van der Waals surface area contributed by atoms with Crippen molar-refractivity contribution in [1.29, 1.82) is 5.26 Å². The van der Waals surface area contributed by atoms with Gasteiger partial charge >= 0.3 is 0 Å². The minimum atomic E-state index is 0.438. The van der Waals surface area contributed by atoms with Crippen molar-refractivity contribution in [2.45, 2.75) is 6.92 Å². The Morgan fingerprint density at radius 3 is 2.64 bits per heavy atom. The van der Waals surface area contributed by atoms with Crippen LogP contribution in [0.3, 0.4) is 0 Å². The van der Waals surface area contributed by atoms with E-state index < -0.39 is 0 Å². The highest BCUT2D eigenvalue weighted by atomic mass is 35.5. The molecule has 0 bridgehead atoms. The molecule has 0 fully saturated rings. The lowest BCUT2D eigenvalue weighted by molar-refractivity contribution is 0.355. The van der Waals surface area contributed by atoms with Gasteiger partial charge in [0.1, 0.15) is 16.6 Å². The minimum Gasteiger partial charge on any atom is -0.493 e. The van der Waals surface area contributed by atoms with Crippen LogP contribution in [0.1, 0.15) is 10.6 Å². The molecular weight excluding hydrogens is 394 g/mol. The number of nitriles is 1. The number of methoxy groups -OCH3 is 2. The van der Waals surface area contributed by atoms with Gasteiger partial charge in [0.15, 0.2) is 11.5 Å². The Balaban J connectivity index is 1.85. The first kappa shape index (κ1) is 19.7. The molecule has 28 heavy (non-hydrogen) atoms. The first-order valence-corrected chi connectivity index (χ1v) is 9.62. The molecule has 0 radical (unpaired) electrons. The van der Waals surface area contributed by atoms with Crippen LogP contribution in [0.25, 0.3) is 16.8 Å². The molecule has 3 rings (SSSR count). The fourth-order valence-corrected chi connectivity index (χ4v) is 3.48. The maximum absolute atomic E-state index is 9.53. The van der Waals surface area contributed by atoms with Gasteiger partial charge in [0.05, 0.1) is 19.9 Å². The number of benzene rings is 2. The average Bonchev–Trinajstić information content (AvgIpc) is 3.20. The summed E-state index contributed by atoms with van der Waals surface area (Å²) in [6.07, 6.45) is 1.64. The summed E-state index contributed by atoms with van der Waals surface area (Å²) in [4.78, 5) is 4.59. The first-order valence-electron chi connectivity index (χ1n) is 8.37. The van der Waals surface area contributed by atoms with E-state index in [0.29, 0.717) is 27.1 Å². The number of hydrogen-bond acceptors (Lipinski definition) is 6. The van der Waals surface area contributed by atoms with E-state index in [2.05, 4.69) is 16.4 Å². The first-order chi connectivity index (χ1) is 13.5. The average molecular weight is 412 g/mol. The predicted molar refractivity (Wildman–Crippen MR) is 114 cm³/mol. The Labute approximate surface area is 172 Å². The van der Waals surface area contributed by atoms with Crippen molar-refractivity contribution >= 4 is 34.2 Å². The molecule has 0 atom stereocenters. The van der Waals surface area contributed by atoms with Crippen LogP contribution in [0.15, 0.2) is 48.0 Å². The second kappa shape index (κ2) is 8.79. The normalized spacial score (nSPS) is 11.0. The van der Waals surface area contributed by atoms with Crippen LogP contribution in [0.4, 0.5) is 5.69 Å². The molecule has 2 aromatic carbocycles. The molecule has 0 saturated carbocycles. The lowest BCUT2D eigenvalue weighted by Gasteiger charge is -2.08. The number of aromatic nitrogens is 1. The molecule has 0 saturated heterocycles. The third-order valence-electron chi connectivity index (χ3n) is 4.09. The molecule has 0 unspecified atom stereocenters. The van der Waals surface area contributed by atoms with Crippen molar-refractivity contribution in [3.05, 3.63) is 63.6 Å². The second-order valence-electron chi connectivity index (χ2n) is 5.89. The Morgan fingerprint density at radius 2 is 1.96 bits per heavy atom. The van der Waals surface area contributed by atoms with Gasteiger partial charge in [0.2, 0.25) is 0 Å². The second-order valence-corrected chi connectivity index (χ2v) is 7.15. The van der Waals surface area contributed by atoms with E-state index in [1.165, 1.54) is 11.3 Å². The van der Waals surface area contributed by atoms with Gasteiger partial charge in [-0.3, -0.25) is 0 Å². The zero-order chi connectivity index (χ0) is 20.1. The highest BCUT2D eigenvalue weighted by Crippen LogP contribution is 2.33. The third kappa shape index (κ3) is 4.28. The number of anilines is 1. The number of allylic oxidation sites excluding steroid dienone is 1. The molecular formula is C21H18ClN3O2S. The number of aryl methyl sites for hydroxylation is 1. The van der Waals surface area contributed by atoms with Crippen LogP contribution in [0.5, 0.6) is 11.5 Å².